The quantitative estimate of drug-likeness (QED) is 0.331. The molecule has 0 radical (unpaired) electrons. The van der Waals surface area contributed by atoms with Crippen molar-refractivity contribution >= 4 is 6.03 Å². The Morgan fingerprint density at radius 2 is 1.69 bits per heavy atom. The summed E-state index contributed by atoms with van der Waals surface area (Å²) >= 11 is 0. The molecule has 0 aromatic carbocycles. The van der Waals surface area contributed by atoms with E-state index in [1.807, 2.05) is 0 Å². The maximum Gasteiger partial charge on any atom is 0.352 e. The number of carbonyl (C=O) groups excluding carboxylic acids is 1. The van der Waals surface area contributed by atoms with E-state index < -0.39 is 6.03 Å². The van der Waals surface area contributed by atoms with Crippen LogP contribution in [0, 0.1) is 0 Å². The maximum absolute atomic E-state index is 9.00. The molecule has 7 nitrogen and oxygen atoms in total. The Labute approximate surface area is 75.8 Å². The first-order valence-electron chi connectivity index (χ1n) is 3.15. The zero-order valence-corrected chi connectivity index (χ0v) is 7.73. The number of nitrogens with two attached hydrogens (primary N) is 2. The standard InChI is InChI=1S/C5H10O4.CH4N2O/c1-4(7-2)5(6)9-8-3;2-1(3)4/h6H,1-3H3;(H4,2,3,4). The minimum atomic E-state index is -0.833. The number of urea groups is 1. The number of primary amides is 2. The fourth-order valence-electron chi connectivity index (χ4n) is 0.225. The van der Waals surface area contributed by atoms with E-state index in [1.54, 1.807) is 6.92 Å². The lowest BCUT2D eigenvalue weighted by molar-refractivity contribution is -0.268. The van der Waals surface area contributed by atoms with Crippen LogP contribution in [-0.2, 0) is 14.5 Å². The molecule has 0 bridgehead atoms. The second-order valence-corrected chi connectivity index (χ2v) is 1.72. The third kappa shape index (κ3) is 13.4. The number of hydrogen-bond donors (Lipinski definition) is 3. The fourth-order valence-corrected chi connectivity index (χ4v) is 0.225. The van der Waals surface area contributed by atoms with Crippen LogP contribution in [0.5, 0.6) is 0 Å². The molecule has 5 N–H and O–H groups in total. The molecule has 0 saturated heterocycles. The summed E-state index contributed by atoms with van der Waals surface area (Å²) in [5.74, 6) is -0.0862. The molecule has 0 aliphatic carbocycles. The van der Waals surface area contributed by atoms with Crippen molar-refractivity contribution in [1.29, 1.82) is 0 Å². The topological polar surface area (TPSA) is 117 Å². The molecule has 0 fully saturated rings. The Morgan fingerprint density at radius 1 is 1.31 bits per heavy atom. The van der Waals surface area contributed by atoms with Crippen LogP contribution in [0.4, 0.5) is 4.79 Å². The van der Waals surface area contributed by atoms with E-state index in [0.29, 0.717) is 0 Å². The van der Waals surface area contributed by atoms with Gasteiger partial charge in [-0.1, -0.05) is 0 Å². The van der Waals surface area contributed by atoms with Gasteiger partial charge in [0.05, 0.1) is 14.2 Å². The summed E-state index contributed by atoms with van der Waals surface area (Å²) in [6.45, 7) is 1.55. The average molecular weight is 194 g/mol. The summed E-state index contributed by atoms with van der Waals surface area (Å²) in [5.41, 5.74) is 8.50. The first-order valence-corrected chi connectivity index (χ1v) is 3.15. The van der Waals surface area contributed by atoms with Gasteiger partial charge >= 0.3 is 12.0 Å². The molecule has 78 valence electrons. The Bertz CT molecular complexity index is 176. The van der Waals surface area contributed by atoms with E-state index in [9.17, 15) is 0 Å². The minimum absolute atomic E-state index is 0.275. The third-order valence-corrected chi connectivity index (χ3v) is 0.770. The molecule has 0 aromatic rings. The number of carbonyl (C=O) groups is 1. The maximum atomic E-state index is 9.00. The molecule has 7 heteroatoms. The SMILES string of the molecule is COOC(O)=C(C)OC.NC(N)=O. The van der Waals surface area contributed by atoms with Crippen molar-refractivity contribution in [2.75, 3.05) is 14.2 Å². The number of ether oxygens (including phenoxy) is 1. The molecule has 0 aliphatic heterocycles. The highest BCUT2D eigenvalue weighted by Crippen LogP contribution is 2.01. The smallest absolute Gasteiger partial charge is 0.352 e. The van der Waals surface area contributed by atoms with E-state index in [-0.39, 0.29) is 11.7 Å². The minimum Gasteiger partial charge on any atom is -0.494 e. The van der Waals surface area contributed by atoms with Gasteiger partial charge in [0.2, 0.25) is 0 Å². The molecular weight excluding hydrogens is 180 g/mol. The zero-order chi connectivity index (χ0) is 10.9. The number of hydrogen-bond acceptors (Lipinski definition) is 5. The molecule has 0 aromatic heterocycles. The lowest BCUT2D eigenvalue weighted by Crippen LogP contribution is -2.18. The van der Waals surface area contributed by atoms with Gasteiger partial charge in [0.25, 0.3) is 0 Å². The predicted molar refractivity (Wildman–Crippen MR) is 44.2 cm³/mol. The van der Waals surface area contributed by atoms with Crippen LogP contribution < -0.4 is 11.5 Å². The third-order valence-electron chi connectivity index (χ3n) is 0.770. The molecule has 0 heterocycles. The number of aliphatic hydroxyl groups is 1. The molecule has 0 spiro atoms. The van der Waals surface area contributed by atoms with Crippen LogP contribution in [-0.4, -0.2) is 25.4 Å². The van der Waals surface area contributed by atoms with Crippen LogP contribution >= 0.6 is 0 Å². The average Bonchev–Trinajstić information content (AvgIpc) is 2.02. The normalized spacial score (nSPS) is 10.4. The molecular formula is C6H14N2O5. The van der Waals surface area contributed by atoms with Gasteiger partial charge in [-0.15, -0.1) is 0 Å². The molecule has 13 heavy (non-hydrogen) atoms. The molecule has 2 amide bonds. The van der Waals surface area contributed by atoms with Gasteiger partial charge in [-0.25, -0.2) is 4.79 Å². The zero-order valence-electron chi connectivity index (χ0n) is 7.73. The van der Waals surface area contributed by atoms with Crippen molar-refractivity contribution in [2.24, 2.45) is 11.5 Å². The van der Waals surface area contributed by atoms with Crippen molar-refractivity contribution in [2.45, 2.75) is 6.92 Å². The highest BCUT2D eigenvalue weighted by molar-refractivity contribution is 5.69. The van der Waals surface area contributed by atoms with E-state index >= 15 is 0 Å². The highest BCUT2D eigenvalue weighted by atomic mass is 17.2. The molecule has 0 aliphatic rings. The molecule has 0 rings (SSSR count). The van der Waals surface area contributed by atoms with Crippen molar-refractivity contribution in [1.82, 2.24) is 0 Å². The molecule has 0 atom stereocenters. The number of allylic oxidation sites excluding steroid dienone is 1. The largest absolute Gasteiger partial charge is 0.494 e. The van der Waals surface area contributed by atoms with Gasteiger partial charge in [0.15, 0.2) is 5.76 Å². The van der Waals surface area contributed by atoms with Gasteiger partial charge in [-0.2, -0.15) is 4.89 Å². The van der Waals surface area contributed by atoms with E-state index in [4.69, 9.17) is 9.90 Å². The summed E-state index contributed by atoms with van der Waals surface area (Å²) < 4.78 is 4.59. The lowest BCUT2D eigenvalue weighted by atomic mass is 10.6. The fraction of sp³-hybridized carbons (Fsp3) is 0.500. The van der Waals surface area contributed by atoms with Gasteiger partial charge < -0.3 is 21.3 Å². The van der Waals surface area contributed by atoms with Crippen LogP contribution in [0.1, 0.15) is 6.92 Å². The summed E-state index contributed by atoms with van der Waals surface area (Å²) in [7, 11) is 2.71. The summed E-state index contributed by atoms with van der Waals surface area (Å²) in [5, 5.41) is 8.73. The lowest BCUT2D eigenvalue weighted by Gasteiger charge is -2.01. The number of rotatable bonds is 3. The first kappa shape index (κ1) is 13.9. The Morgan fingerprint density at radius 3 is 1.92 bits per heavy atom. The van der Waals surface area contributed by atoms with Gasteiger partial charge in [0, 0.05) is 6.92 Å². The Kier molecular flexibility index (Phi) is 9.07. The van der Waals surface area contributed by atoms with Crippen molar-refractivity contribution < 1.29 is 24.4 Å². The van der Waals surface area contributed by atoms with Crippen LogP contribution in [0.15, 0.2) is 11.7 Å². The van der Waals surface area contributed by atoms with E-state index in [0.717, 1.165) is 0 Å². The number of methoxy groups -OCH3 is 1. The van der Waals surface area contributed by atoms with Gasteiger partial charge in [-0.3, -0.25) is 4.89 Å². The van der Waals surface area contributed by atoms with Crippen molar-refractivity contribution in [3.05, 3.63) is 11.7 Å². The Balaban J connectivity index is 0. The first-order chi connectivity index (χ1) is 5.95. The van der Waals surface area contributed by atoms with Gasteiger partial charge in [0.1, 0.15) is 0 Å². The van der Waals surface area contributed by atoms with Crippen molar-refractivity contribution in [3.63, 3.8) is 0 Å². The second kappa shape index (κ2) is 8.47. The van der Waals surface area contributed by atoms with Crippen LogP contribution in [0.25, 0.3) is 0 Å². The highest BCUT2D eigenvalue weighted by Gasteiger charge is 1.99. The van der Waals surface area contributed by atoms with Crippen molar-refractivity contribution in [3.8, 4) is 0 Å². The summed E-state index contributed by atoms with van der Waals surface area (Å²) in [6, 6.07) is -0.833. The number of amides is 2. The number of aliphatic hydroxyl groups excluding tert-OH is 1. The predicted octanol–water partition coefficient (Wildman–Crippen LogP) is -0.0184. The van der Waals surface area contributed by atoms with Crippen LogP contribution in [0.2, 0.25) is 0 Å². The van der Waals surface area contributed by atoms with Crippen LogP contribution in [0.3, 0.4) is 0 Å². The summed E-state index contributed by atoms with van der Waals surface area (Å²) in [4.78, 5) is 17.3. The van der Waals surface area contributed by atoms with E-state index in [2.05, 4.69) is 26.0 Å². The second-order valence-electron chi connectivity index (χ2n) is 1.72. The van der Waals surface area contributed by atoms with Gasteiger partial charge in [-0.05, 0) is 0 Å². The van der Waals surface area contributed by atoms with E-state index in [1.165, 1.54) is 14.2 Å². The Hall–Kier alpha value is -1.63. The molecule has 0 saturated carbocycles. The molecule has 0 unspecified atom stereocenters. The monoisotopic (exact) mass is 194 g/mol. The summed E-state index contributed by atoms with van der Waals surface area (Å²) in [6.07, 6.45) is 0.